The average Bonchev–Trinajstić information content (AvgIpc) is 2.38. The van der Waals surface area contributed by atoms with Gasteiger partial charge in [-0.3, -0.25) is 0 Å². The van der Waals surface area contributed by atoms with E-state index in [1.807, 2.05) is 0 Å². The molecular formula is C15H26N4. The number of anilines is 1. The minimum Gasteiger partial charge on any atom is -0.356 e. The fourth-order valence-electron chi connectivity index (χ4n) is 2.95. The van der Waals surface area contributed by atoms with Crippen molar-refractivity contribution in [3.63, 3.8) is 0 Å². The van der Waals surface area contributed by atoms with Gasteiger partial charge in [0, 0.05) is 36.9 Å². The third-order valence-electron chi connectivity index (χ3n) is 4.15. The Morgan fingerprint density at radius 2 is 1.95 bits per heavy atom. The van der Waals surface area contributed by atoms with Crippen LogP contribution in [0, 0.1) is 13.8 Å². The smallest absolute Gasteiger partial charge is 0.133 e. The van der Waals surface area contributed by atoms with Gasteiger partial charge >= 0.3 is 0 Å². The van der Waals surface area contributed by atoms with Crippen LogP contribution >= 0.6 is 0 Å². The second kappa shape index (κ2) is 5.88. The molecule has 4 nitrogen and oxygen atoms in total. The first-order chi connectivity index (χ1) is 9.02. The Kier molecular flexibility index (Phi) is 4.42. The normalized spacial score (nSPS) is 17.3. The van der Waals surface area contributed by atoms with Crippen molar-refractivity contribution in [3.05, 3.63) is 22.9 Å². The summed E-state index contributed by atoms with van der Waals surface area (Å²) in [5.74, 6) is 1.11. The predicted octanol–water partition coefficient (Wildman–Crippen LogP) is 1.69. The number of piperidine rings is 1. The monoisotopic (exact) mass is 262 g/mol. The maximum atomic E-state index is 5.91. The van der Waals surface area contributed by atoms with Crippen LogP contribution in [0.25, 0.3) is 0 Å². The zero-order chi connectivity index (χ0) is 14.0. The van der Waals surface area contributed by atoms with E-state index in [0.29, 0.717) is 12.6 Å². The molecule has 0 aliphatic carbocycles. The third-order valence-corrected chi connectivity index (χ3v) is 4.15. The minimum atomic E-state index is 0.571. The summed E-state index contributed by atoms with van der Waals surface area (Å²) < 4.78 is 0. The number of aromatic nitrogens is 1. The van der Waals surface area contributed by atoms with Crippen LogP contribution in [0.15, 0.2) is 6.07 Å². The minimum absolute atomic E-state index is 0.571. The molecule has 0 bridgehead atoms. The zero-order valence-electron chi connectivity index (χ0n) is 12.6. The first-order valence-electron chi connectivity index (χ1n) is 7.11. The lowest BCUT2D eigenvalue weighted by Gasteiger charge is -2.37. The first kappa shape index (κ1) is 14.3. The molecule has 0 radical (unpaired) electrons. The molecule has 0 atom stereocenters. The van der Waals surface area contributed by atoms with Gasteiger partial charge in [-0.25, -0.2) is 4.98 Å². The number of hydrogen-bond donors (Lipinski definition) is 1. The number of nitrogens with two attached hydrogens (primary N) is 1. The summed E-state index contributed by atoms with van der Waals surface area (Å²) >= 11 is 0. The van der Waals surface area contributed by atoms with Gasteiger partial charge in [0.05, 0.1) is 0 Å². The molecule has 2 heterocycles. The van der Waals surface area contributed by atoms with Crippen LogP contribution in [0.3, 0.4) is 0 Å². The van der Waals surface area contributed by atoms with Crippen molar-refractivity contribution in [2.24, 2.45) is 5.73 Å². The van der Waals surface area contributed by atoms with E-state index in [9.17, 15) is 0 Å². The summed E-state index contributed by atoms with van der Waals surface area (Å²) in [5, 5.41) is 0. The van der Waals surface area contributed by atoms with Gasteiger partial charge in [-0.1, -0.05) is 0 Å². The SMILES string of the molecule is Cc1cc(C)c(CN)c(N2CCC(N(C)C)CC2)n1. The lowest BCUT2D eigenvalue weighted by atomic mass is 10.0. The van der Waals surface area contributed by atoms with Crippen molar-refractivity contribution in [2.45, 2.75) is 39.3 Å². The molecule has 0 saturated carbocycles. The van der Waals surface area contributed by atoms with E-state index >= 15 is 0 Å². The summed E-state index contributed by atoms with van der Waals surface area (Å²) in [4.78, 5) is 9.47. The Bertz CT molecular complexity index is 434. The van der Waals surface area contributed by atoms with Crippen LogP contribution in [0.2, 0.25) is 0 Å². The van der Waals surface area contributed by atoms with Gasteiger partial charge in [0.2, 0.25) is 0 Å². The van der Waals surface area contributed by atoms with Crippen molar-refractivity contribution in [2.75, 3.05) is 32.1 Å². The molecule has 1 saturated heterocycles. The number of aryl methyl sites for hydroxylation is 2. The Labute approximate surface area is 116 Å². The van der Waals surface area contributed by atoms with Crippen molar-refractivity contribution in [1.82, 2.24) is 9.88 Å². The van der Waals surface area contributed by atoms with Crippen molar-refractivity contribution >= 4 is 5.82 Å². The Balaban J connectivity index is 2.19. The number of nitrogens with zero attached hydrogens (tertiary/aromatic N) is 3. The van der Waals surface area contributed by atoms with Crippen LogP contribution in [0.4, 0.5) is 5.82 Å². The van der Waals surface area contributed by atoms with Crippen molar-refractivity contribution in [1.29, 1.82) is 0 Å². The van der Waals surface area contributed by atoms with Crippen LogP contribution in [0.5, 0.6) is 0 Å². The lowest BCUT2D eigenvalue weighted by molar-refractivity contribution is 0.249. The highest BCUT2D eigenvalue weighted by molar-refractivity contribution is 5.52. The molecule has 19 heavy (non-hydrogen) atoms. The summed E-state index contributed by atoms with van der Waals surface area (Å²) in [5.41, 5.74) is 9.46. The van der Waals surface area contributed by atoms with Gasteiger partial charge in [-0.2, -0.15) is 0 Å². The summed E-state index contributed by atoms with van der Waals surface area (Å²) in [6.07, 6.45) is 2.40. The van der Waals surface area contributed by atoms with Gasteiger partial charge in [0.15, 0.2) is 0 Å². The van der Waals surface area contributed by atoms with Gasteiger partial charge in [-0.15, -0.1) is 0 Å². The number of rotatable bonds is 3. The molecule has 0 aromatic carbocycles. The molecule has 0 amide bonds. The molecule has 0 spiro atoms. The fourth-order valence-corrected chi connectivity index (χ4v) is 2.95. The van der Waals surface area contributed by atoms with E-state index in [0.717, 1.165) is 24.6 Å². The van der Waals surface area contributed by atoms with E-state index in [-0.39, 0.29) is 0 Å². The summed E-state index contributed by atoms with van der Waals surface area (Å²) in [7, 11) is 4.33. The Hall–Kier alpha value is -1.13. The average molecular weight is 262 g/mol. The van der Waals surface area contributed by atoms with Gasteiger partial charge in [-0.05, 0) is 52.4 Å². The van der Waals surface area contributed by atoms with Crippen LogP contribution in [0.1, 0.15) is 29.7 Å². The lowest BCUT2D eigenvalue weighted by Crippen LogP contribution is -2.42. The van der Waals surface area contributed by atoms with E-state index in [1.54, 1.807) is 0 Å². The standard InChI is InChI=1S/C15H26N4/c1-11-9-12(2)17-15(14(11)10-16)19-7-5-13(6-8-19)18(3)4/h9,13H,5-8,10,16H2,1-4H3. The largest absolute Gasteiger partial charge is 0.356 e. The topological polar surface area (TPSA) is 45.4 Å². The van der Waals surface area contributed by atoms with Gasteiger partial charge in [0.1, 0.15) is 5.82 Å². The summed E-state index contributed by atoms with van der Waals surface area (Å²) in [6.45, 7) is 6.91. The fraction of sp³-hybridized carbons (Fsp3) is 0.667. The van der Waals surface area contributed by atoms with E-state index in [4.69, 9.17) is 10.7 Å². The molecule has 1 aliphatic heterocycles. The summed E-state index contributed by atoms with van der Waals surface area (Å²) in [6, 6.07) is 2.82. The quantitative estimate of drug-likeness (QED) is 0.900. The zero-order valence-corrected chi connectivity index (χ0v) is 12.6. The van der Waals surface area contributed by atoms with Crippen molar-refractivity contribution in [3.8, 4) is 0 Å². The Morgan fingerprint density at radius 3 is 2.47 bits per heavy atom. The molecule has 2 N–H and O–H groups in total. The molecule has 1 aromatic heterocycles. The van der Waals surface area contributed by atoms with Gasteiger partial charge < -0.3 is 15.5 Å². The Morgan fingerprint density at radius 1 is 1.32 bits per heavy atom. The van der Waals surface area contributed by atoms with E-state index < -0.39 is 0 Å². The molecule has 4 heteroatoms. The van der Waals surface area contributed by atoms with E-state index in [2.05, 4.69) is 43.8 Å². The maximum Gasteiger partial charge on any atom is 0.133 e. The third kappa shape index (κ3) is 3.07. The predicted molar refractivity (Wildman–Crippen MR) is 80.5 cm³/mol. The van der Waals surface area contributed by atoms with Crippen LogP contribution in [-0.4, -0.2) is 43.1 Å². The molecule has 1 fully saturated rings. The maximum absolute atomic E-state index is 5.91. The second-order valence-corrected chi connectivity index (χ2v) is 5.77. The molecule has 106 valence electrons. The van der Waals surface area contributed by atoms with Gasteiger partial charge in [0.25, 0.3) is 0 Å². The molecule has 1 aromatic rings. The number of hydrogen-bond acceptors (Lipinski definition) is 4. The van der Waals surface area contributed by atoms with E-state index in [1.165, 1.54) is 24.0 Å². The molecule has 0 unspecified atom stereocenters. The number of pyridine rings is 1. The highest BCUT2D eigenvalue weighted by atomic mass is 15.2. The van der Waals surface area contributed by atoms with Crippen LogP contribution < -0.4 is 10.6 Å². The second-order valence-electron chi connectivity index (χ2n) is 5.77. The van der Waals surface area contributed by atoms with Crippen LogP contribution in [-0.2, 0) is 6.54 Å². The highest BCUT2D eigenvalue weighted by Crippen LogP contribution is 2.26. The first-order valence-corrected chi connectivity index (χ1v) is 7.11. The molecular weight excluding hydrogens is 236 g/mol. The molecule has 2 rings (SSSR count). The molecule has 1 aliphatic rings. The van der Waals surface area contributed by atoms with Crippen molar-refractivity contribution < 1.29 is 0 Å². The highest BCUT2D eigenvalue weighted by Gasteiger charge is 2.23.